The second kappa shape index (κ2) is 4.89. The van der Waals surface area contributed by atoms with Crippen molar-refractivity contribution in [2.45, 2.75) is 18.8 Å². The van der Waals surface area contributed by atoms with Gasteiger partial charge in [-0.2, -0.15) is 8.75 Å². The van der Waals surface area contributed by atoms with E-state index in [9.17, 15) is 5.11 Å². The molecule has 5 nitrogen and oxygen atoms in total. The molecule has 0 amide bonds. The Morgan fingerprint density at radius 1 is 1.39 bits per heavy atom. The van der Waals surface area contributed by atoms with Crippen LogP contribution in [0, 0.1) is 0 Å². The molecule has 0 aliphatic carbocycles. The molecule has 0 radical (unpaired) electrons. The minimum Gasteiger partial charge on any atom is -0.389 e. The van der Waals surface area contributed by atoms with Gasteiger partial charge in [-0.05, 0) is 17.7 Å². The topological polar surface area (TPSA) is 58.5 Å². The van der Waals surface area contributed by atoms with Gasteiger partial charge in [0.05, 0.1) is 23.9 Å². The monoisotopic (exact) mass is 265 g/mol. The van der Waals surface area contributed by atoms with Gasteiger partial charge in [0.25, 0.3) is 0 Å². The number of likely N-dealkylation sites (tertiary alicyclic amines) is 1. The highest BCUT2D eigenvalue weighted by molar-refractivity contribution is 7.00. The molecule has 18 heavy (non-hydrogen) atoms. The van der Waals surface area contributed by atoms with Crippen LogP contribution in [-0.2, 0) is 11.3 Å². The van der Waals surface area contributed by atoms with Crippen LogP contribution in [0.1, 0.15) is 5.56 Å². The molecular weight excluding hydrogens is 250 g/mol. The maximum absolute atomic E-state index is 9.79. The number of methoxy groups -OCH3 is 1. The molecule has 0 saturated carbocycles. The standard InChI is InChI=1S/C12H15N3O2S/c1-17-12-7-15(6-11(12)16)5-8-2-3-9-10(4-8)14-18-13-9/h2-4,11-12,16H,5-7H2,1H3/t11-,12-/m0/s1. The van der Waals surface area contributed by atoms with Crippen molar-refractivity contribution in [3.05, 3.63) is 23.8 Å². The number of aromatic nitrogens is 2. The fourth-order valence-corrected chi connectivity index (χ4v) is 2.90. The lowest BCUT2D eigenvalue weighted by Crippen LogP contribution is -2.25. The van der Waals surface area contributed by atoms with Gasteiger partial charge in [0.2, 0.25) is 0 Å². The van der Waals surface area contributed by atoms with E-state index in [2.05, 4.69) is 25.8 Å². The molecule has 6 heteroatoms. The number of aliphatic hydroxyl groups excluding tert-OH is 1. The maximum Gasteiger partial charge on any atom is 0.105 e. The van der Waals surface area contributed by atoms with E-state index in [0.29, 0.717) is 6.54 Å². The molecule has 1 saturated heterocycles. The molecule has 1 aliphatic rings. The molecule has 0 unspecified atom stereocenters. The highest BCUT2D eigenvalue weighted by atomic mass is 32.1. The first kappa shape index (κ1) is 12.0. The summed E-state index contributed by atoms with van der Waals surface area (Å²) < 4.78 is 13.7. The number of aliphatic hydroxyl groups is 1. The average molecular weight is 265 g/mol. The molecule has 0 spiro atoms. The normalized spacial score (nSPS) is 25.0. The second-order valence-electron chi connectivity index (χ2n) is 4.62. The minimum atomic E-state index is -0.389. The molecule has 2 heterocycles. The van der Waals surface area contributed by atoms with Crippen LogP contribution in [0.2, 0.25) is 0 Å². The van der Waals surface area contributed by atoms with E-state index in [1.54, 1.807) is 7.11 Å². The van der Waals surface area contributed by atoms with E-state index in [1.165, 1.54) is 17.3 Å². The fourth-order valence-electron chi connectivity index (χ4n) is 2.38. The van der Waals surface area contributed by atoms with Crippen LogP contribution in [0.4, 0.5) is 0 Å². The summed E-state index contributed by atoms with van der Waals surface area (Å²) in [5.41, 5.74) is 3.08. The second-order valence-corrected chi connectivity index (χ2v) is 5.15. The molecule has 2 aromatic rings. The molecule has 1 aromatic carbocycles. The first-order chi connectivity index (χ1) is 8.76. The van der Waals surface area contributed by atoms with E-state index >= 15 is 0 Å². The van der Waals surface area contributed by atoms with Crippen molar-refractivity contribution in [1.29, 1.82) is 0 Å². The lowest BCUT2D eigenvalue weighted by atomic mass is 10.2. The zero-order chi connectivity index (χ0) is 12.5. The lowest BCUT2D eigenvalue weighted by molar-refractivity contribution is 0.0215. The number of hydrogen-bond donors (Lipinski definition) is 1. The smallest absolute Gasteiger partial charge is 0.105 e. The van der Waals surface area contributed by atoms with Crippen LogP contribution < -0.4 is 0 Å². The van der Waals surface area contributed by atoms with Crippen molar-refractivity contribution < 1.29 is 9.84 Å². The number of hydrogen-bond acceptors (Lipinski definition) is 6. The van der Waals surface area contributed by atoms with Crippen LogP contribution in [0.25, 0.3) is 11.0 Å². The summed E-state index contributed by atoms with van der Waals surface area (Å²) >= 11 is 1.24. The van der Waals surface area contributed by atoms with Crippen LogP contribution in [-0.4, -0.2) is 51.2 Å². The van der Waals surface area contributed by atoms with E-state index in [-0.39, 0.29) is 12.2 Å². The molecule has 2 atom stereocenters. The quantitative estimate of drug-likeness (QED) is 0.893. The third kappa shape index (κ3) is 2.24. The fraction of sp³-hybridized carbons (Fsp3) is 0.500. The van der Waals surface area contributed by atoms with Crippen molar-refractivity contribution in [3.63, 3.8) is 0 Å². The molecule has 1 aromatic heterocycles. The Labute approximate surface area is 109 Å². The summed E-state index contributed by atoms with van der Waals surface area (Å²) in [4.78, 5) is 2.19. The predicted octanol–water partition coefficient (Wildman–Crippen LogP) is 0.883. The molecular formula is C12H15N3O2S. The number of rotatable bonds is 3. The van der Waals surface area contributed by atoms with E-state index in [4.69, 9.17) is 4.74 Å². The Morgan fingerprint density at radius 2 is 2.22 bits per heavy atom. The van der Waals surface area contributed by atoms with Crippen molar-refractivity contribution in [3.8, 4) is 0 Å². The van der Waals surface area contributed by atoms with Crippen LogP contribution in [0.5, 0.6) is 0 Å². The highest BCUT2D eigenvalue weighted by Gasteiger charge is 2.30. The van der Waals surface area contributed by atoms with Gasteiger partial charge in [-0.1, -0.05) is 6.07 Å². The first-order valence-corrected chi connectivity index (χ1v) is 6.63. The van der Waals surface area contributed by atoms with Crippen LogP contribution in [0.3, 0.4) is 0 Å². The van der Waals surface area contributed by atoms with E-state index in [1.807, 2.05) is 6.07 Å². The largest absolute Gasteiger partial charge is 0.389 e. The number of ether oxygens (including phenoxy) is 1. The summed E-state index contributed by atoms with van der Waals surface area (Å²) in [6.45, 7) is 2.24. The van der Waals surface area contributed by atoms with Crippen LogP contribution >= 0.6 is 11.7 Å². The number of fused-ring (bicyclic) bond motifs is 1. The van der Waals surface area contributed by atoms with E-state index in [0.717, 1.165) is 24.1 Å². The van der Waals surface area contributed by atoms with Gasteiger partial charge in [0.1, 0.15) is 11.0 Å². The Hall–Kier alpha value is -1.08. The van der Waals surface area contributed by atoms with Crippen molar-refractivity contribution >= 4 is 22.8 Å². The van der Waals surface area contributed by atoms with Gasteiger partial charge < -0.3 is 9.84 Å². The Morgan fingerprint density at radius 3 is 3.00 bits per heavy atom. The highest BCUT2D eigenvalue weighted by Crippen LogP contribution is 2.19. The summed E-state index contributed by atoms with van der Waals surface area (Å²) in [6, 6.07) is 6.12. The molecule has 3 rings (SSSR count). The Bertz CT molecular complexity index is 545. The number of nitrogens with zero attached hydrogens (tertiary/aromatic N) is 3. The Kier molecular flexibility index (Phi) is 3.25. The predicted molar refractivity (Wildman–Crippen MR) is 69.5 cm³/mol. The number of benzene rings is 1. The van der Waals surface area contributed by atoms with Crippen LogP contribution in [0.15, 0.2) is 18.2 Å². The minimum absolute atomic E-state index is 0.0744. The first-order valence-electron chi connectivity index (χ1n) is 5.90. The molecule has 1 N–H and O–H groups in total. The van der Waals surface area contributed by atoms with Crippen molar-refractivity contribution in [1.82, 2.24) is 13.6 Å². The Balaban J connectivity index is 1.72. The average Bonchev–Trinajstić information content (AvgIpc) is 2.95. The third-order valence-corrected chi connectivity index (χ3v) is 3.90. The molecule has 0 bridgehead atoms. The van der Waals surface area contributed by atoms with Gasteiger partial charge >= 0.3 is 0 Å². The molecule has 96 valence electrons. The van der Waals surface area contributed by atoms with Gasteiger partial charge in [-0.15, -0.1) is 0 Å². The third-order valence-electron chi connectivity index (χ3n) is 3.34. The summed E-state index contributed by atoms with van der Waals surface area (Å²) in [6.07, 6.45) is -0.464. The summed E-state index contributed by atoms with van der Waals surface area (Å²) in [7, 11) is 1.64. The maximum atomic E-state index is 9.79. The molecule has 1 aliphatic heterocycles. The number of β-amino-alcohol motifs (C(OH)–C–C–N with tert-alkyl or cyclic N) is 1. The van der Waals surface area contributed by atoms with Crippen molar-refractivity contribution in [2.75, 3.05) is 20.2 Å². The zero-order valence-corrected chi connectivity index (χ0v) is 10.9. The van der Waals surface area contributed by atoms with E-state index < -0.39 is 0 Å². The summed E-state index contributed by atoms with van der Waals surface area (Å²) in [5, 5.41) is 9.79. The van der Waals surface area contributed by atoms with Crippen molar-refractivity contribution in [2.24, 2.45) is 0 Å². The summed E-state index contributed by atoms with van der Waals surface area (Å²) in [5.74, 6) is 0. The lowest BCUT2D eigenvalue weighted by Gasteiger charge is -2.14. The van der Waals surface area contributed by atoms with Gasteiger partial charge in [0, 0.05) is 26.7 Å². The van der Waals surface area contributed by atoms with Gasteiger partial charge in [-0.3, -0.25) is 4.90 Å². The zero-order valence-electron chi connectivity index (χ0n) is 10.1. The van der Waals surface area contributed by atoms with Gasteiger partial charge in [0.15, 0.2) is 0 Å². The molecule has 1 fully saturated rings. The SMILES string of the molecule is CO[C@H]1CN(Cc2ccc3nsnc3c2)C[C@@H]1O. The van der Waals surface area contributed by atoms with Gasteiger partial charge in [-0.25, -0.2) is 0 Å².